The largest absolute Gasteiger partial charge is 0.462 e. The number of benzene rings is 2. The van der Waals surface area contributed by atoms with Crippen molar-refractivity contribution in [3.63, 3.8) is 0 Å². The summed E-state index contributed by atoms with van der Waals surface area (Å²) >= 11 is 0. The van der Waals surface area contributed by atoms with Crippen LogP contribution in [0.3, 0.4) is 0 Å². The SMILES string of the molecule is CO[C@](C(=O)N[C@H](C)CCCCCCCCCCC[C@H]1CCCN1CCOC(=O)[C@@](OC)(c1ccccc1)C(F)(F)F)(c1ccccc1)C(F)(F)F. The number of rotatable bonds is 22. The van der Waals surface area contributed by atoms with Gasteiger partial charge in [-0.1, -0.05) is 118 Å². The number of carbonyl (C=O) groups excluding carboxylic acids is 2. The van der Waals surface area contributed by atoms with E-state index in [1.54, 1.807) is 19.1 Å². The van der Waals surface area contributed by atoms with Crippen LogP contribution in [0.5, 0.6) is 0 Å². The van der Waals surface area contributed by atoms with E-state index in [1.807, 2.05) is 0 Å². The van der Waals surface area contributed by atoms with Crippen LogP contribution in [0.4, 0.5) is 26.3 Å². The molecule has 4 atom stereocenters. The molecule has 0 aromatic heterocycles. The van der Waals surface area contributed by atoms with Gasteiger partial charge in [0.05, 0.1) is 0 Å². The highest BCUT2D eigenvalue weighted by atomic mass is 19.4. The van der Waals surface area contributed by atoms with Crippen LogP contribution in [0.15, 0.2) is 60.7 Å². The fourth-order valence-corrected chi connectivity index (χ4v) is 7.15. The molecule has 2 aromatic rings. The van der Waals surface area contributed by atoms with Crippen LogP contribution in [0.25, 0.3) is 0 Å². The van der Waals surface area contributed by atoms with E-state index in [0.29, 0.717) is 19.0 Å². The lowest BCUT2D eigenvalue weighted by atomic mass is 9.91. The summed E-state index contributed by atoms with van der Waals surface area (Å²) in [7, 11) is 1.75. The van der Waals surface area contributed by atoms with Crippen LogP contribution in [0, 0.1) is 0 Å². The molecule has 1 amide bonds. The molecule has 13 heteroatoms. The molecule has 0 unspecified atom stereocenters. The smallest absolute Gasteiger partial charge is 0.432 e. The lowest BCUT2D eigenvalue weighted by Gasteiger charge is -2.34. The number of halogens is 6. The number of methoxy groups -OCH3 is 2. The van der Waals surface area contributed by atoms with Gasteiger partial charge in [0.2, 0.25) is 0 Å². The average molecular weight is 745 g/mol. The van der Waals surface area contributed by atoms with Gasteiger partial charge in [0.15, 0.2) is 0 Å². The number of hydrogen-bond donors (Lipinski definition) is 1. The Kier molecular flexibility index (Phi) is 16.9. The number of unbranched alkanes of at least 4 members (excludes halogenated alkanes) is 8. The number of esters is 1. The third-order valence-corrected chi connectivity index (χ3v) is 10.0. The van der Waals surface area contributed by atoms with Crippen LogP contribution in [-0.2, 0) is 35.0 Å². The van der Waals surface area contributed by atoms with E-state index >= 15 is 0 Å². The first kappa shape index (κ1) is 43.2. The van der Waals surface area contributed by atoms with Crippen molar-refractivity contribution < 1.29 is 50.1 Å². The molecule has 7 nitrogen and oxygen atoms in total. The van der Waals surface area contributed by atoms with E-state index in [1.165, 1.54) is 48.5 Å². The summed E-state index contributed by atoms with van der Waals surface area (Å²) in [5, 5.41) is 2.51. The molecule has 3 rings (SSSR count). The van der Waals surface area contributed by atoms with E-state index < -0.39 is 41.5 Å². The standard InChI is InChI=1S/C39H54F6N2O5/c1-30(46-34(48)36(50-2,38(40,41)42)31-21-14-11-15-22-31)20-13-9-7-5-4-6-8-10-18-25-33-26-19-27-47(33)28-29-52-35(49)37(51-3,39(43,44)45)32-23-16-12-17-24-32/h11-12,14-17,21-24,30,33H,4-10,13,18-20,25-29H2,1-3H3,(H,46,48)/t30-,33+,36+,37+/m1/s1. The Balaban J connectivity index is 1.27. The van der Waals surface area contributed by atoms with Crippen molar-refractivity contribution in [1.29, 1.82) is 0 Å². The molecule has 0 radical (unpaired) electrons. The maximum atomic E-state index is 14.1. The van der Waals surface area contributed by atoms with E-state index in [9.17, 15) is 35.9 Å². The Morgan fingerprint density at radius 1 is 0.750 bits per heavy atom. The summed E-state index contributed by atoms with van der Waals surface area (Å²) in [5.74, 6) is -2.69. The number of amides is 1. The Morgan fingerprint density at radius 3 is 1.73 bits per heavy atom. The van der Waals surface area contributed by atoms with Gasteiger partial charge in [0.25, 0.3) is 17.1 Å². The van der Waals surface area contributed by atoms with Gasteiger partial charge in [-0.05, 0) is 39.2 Å². The zero-order valence-electron chi connectivity index (χ0n) is 30.5. The van der Waals surface area contributed by atoms with Crippen molar-refractivity contribution in [2.24, 2.45) is 0 Å². The quantitative estimate of drug-likeness (QED) is 0.0737. The first-order chi connectivity index (χ1) is 24.7. The second kappa shape index (κ2) is 20.3. The topological polar surface area (TPSA) is 77.1 Å². The fraction of sp³-hybridized carbons (Fsp3) is 0.641. The molecule has 0 spiro atoms. The summed E-state index contributed by atoms with van der Waals surface area (Å²) in [6, 6.07) is 13.6. The van der Waals surface area contributed by atoms with E-state index in [0.717, 1.165) is 97.8 Å². The lowest BCUT2D eigenvalue weighted by molar-refractivity contribution is -0.276. The molecule has 1 N–H and O–H groups in total. The maximum absolute atomic E-state index is 14.1. The second-order valence-corrected chi connectivity index (χ2v) is 13.6. The lowest BCUT2D eigenvalue weighted by Crippen LogP contribution is -2.57. The minimum atomic E-state index is -5.00. The minimum Gasteiger partial charge on any atom is -0.462 e. The number of hydrogen-bond acceptors (Lipinski definition) is 6. The molecule has 1 saturated heterocycles. The molecule has 0 saturated carbocycles. The van der Waals surface area contributed by atoms with Crippen molar-refractivity contribution in [2.75, 3.05) is 33.9 Å². The summed E-state index contributed by atoms with van der Waals surface area (Å²) < 4.78 is 99.5. The van der Waals surface area contributed by atoms with Crippen LogP contribution in [0.1, 0.15) is 102 Å². The second-order valence-electron chi connectivity index (χ2n) is 13.6. The van der Waals surface area contributed by atoms with Gasteiger partial charge >= 0.3 is 18.3 Å². The first-order valence-electron chi connectivity index (χ1n) is 18.3. The van der Waals surface area contributed by atoms with Crippen LogP contribution >= 0.6 is 0 Å². The molecule has 0 bridgehead atoms. The minimum absolute atomic E-state index is 0.155. The molecular formula is C39H54F6N2O5. The van der Waals surface area contributed by atoms with E-state index in [2.05, 4.69) is 10.2 Å². The molecule has 1 fully saturated rings. The Morgan fingerprint density at radius 2 is 1.23 bits per heavy atom. The summed E-state index contributed by atoms with van der Waals surface area (Å²) in [5.41, 5.74) is -6.84. The predicted octanol–water partition coefficient (Wildman–Crippen LogP) is 9.00. The van der Waals surface area contributed by atoms with Gasteiger partial charge in [-0.2, -0.15) is 26.3 Å². The predicted molar refractivity (Wildman–Crippen MR) is 186 cm³/mol. The van der Waals surface area contributed by atoms with Gasteiger partial charge < -0.3 is 19.5 Å². The Labute approximate surface area is 303 Å². The highest BCUT2D eigenvalue weighted by molar-refractivity contribution is 5.88. The number of nitrogens with one attached hydrogen (secondary N) is 1. The average Bonchev–Trinajstić information content (AvgIpc) is 3.55. The molecule has 1 heterocycles. The summed E-state index contributed by atoms with van der Waals surface area (Å²) in [6.45, 7) is 2.73. The van der Waals surface area contributed by atoms with Gasteiger partial charge in [-0.25, -0.2) is 4.79 Å². The van der Waals surface area contributed by atoms with Crippen molar-refractivity contribution >= 4 is 11.9 Å². The zero-order chi connectivity index (χ0) is 38.3. The number of likely N-dealkylation sites (tertiary alicyclic amines) is 1. The molecule has 2 aromatic carbocycles. The number of ether oxygens (including phenoxy) is 3. The highest BCUT2D eigenvalue weighted by Gasteiger charge is 2.64. The maximum Gasteiger partial charge on any atom is 0.432 e. The monoisotopic (exact) mass is 744 g/mol. The molecule has 52 heavy (non-hydrogen) atoms. The first-order valence-corrected chi connectivity index (χ1v) is 18.3. The molecule has 1 aliphatic heterocycles. The van der Waals surface area contributed by atoms with Crippen LogP contribution in [-0.4, -0.2) is 75.1 Å². The van der Waals surface area contributed by atoms with Crippen molar-refractivity contribution in [2.45, 2.75) is 126 Å². The molecule has 1 aliphatic rings. The number of alkyl halides is 6. The Hall–Kier alpha value is -3.16. The van der Waals surface area contributed by atoms with E-state index in [-0.39, 0.29) is 17.7 Å². The van der Waals surface area contributed by atoms with Crippen molar-refractivity contribution in [1.82, 2.24) is 10.2 Å². The molecule has 0 aliphatic carbocycles. The molecule has 292 valence electrons. The zero-order valence-corrected chi connectivity index (χ0v) is 30.5. The van der Waals surface area contributed by atoms with Gasteiger partial charge in [0.1, 0.15) is 6.61 Å². The molecular weight excluding hydrogens is 690 g/mol. The highest BCUT2D eigenvalue weighted by Crippen LogP contribution is 2.44. The number of nitrogens with zero attached hydrogens (tertiary/aromatic N) is 1. The summed E-state index contributed by atoms with van der Waals surface area (Å²) in [6.07, 6.45) is 2.83. The summed E-state index contributed by atoms with van der Waals surface area (Å²) in [4.78, 5) is 27.9. The van der Waals surface area contributed by atoms with Crippen LogP contribution in [0.2, 0.25) is 0 Å². The third-order valence-electron chi connectivity index (χ3n) is 10.0. The third kappa shape index (κ3) is 10.9. The number of carbonyl (C=O) groups is 2. The Bertz CT molecular complexity index is 1350. The van der Waals surface area contributed by atoms with E-state index in [4.69, 9.17) is 14.2 Å². The normalized spacial score (nSPS) is 18.4. The van der Waals surface area contributed by atoms with Crippen molar-refractivity contribution in [3.05, 3.63) is 71.8 Å². The van der Waals surface area contributed by atoms with Gasteiger partial charge in [-0.15, -0.1) is 0 Å². The van der Waals surface area contributed by atoms with Gasteiger partial charge in [0, 0.05) is 44.0 Å². The van der Waals surface area contributed by atoms with Crippen molar-refractivity contribution in [3.8, 4) is 0 Å². The van der Waals surface area contributed by atoms with Gasteiger partial charge in [-0.3, -0.25) is 9.69 Å². The van der Waals surface area contributed by atoms with Crippen LogP contribution < -0.4 is 5.32 Å². The fourth-order valence-electron chi connectivity index (χ4n) is 7.15.